The first kappa shape index (κ1) is 29.8. The summed E-state index contributed by atoms with van der Waals surface area (Å²) in [7, 11) is 0.667. The van der Waals surface area contributed by atoms with Gasteiger partial charge in [0.1, 0.15) is 10.7 Å². The molecule has 1 aliphatic rings. The van der Waals surface area contributed by atoms with Gasteiger partial charge in [0.15, 0.2) is 5.13 Å². The number of nitrogens with one attached hydrogen (secondary N) is 2. The van der Waals surface area contributed by atoms with Crippen molar-refractivity contribution in [2.45, 2.75) is 58.2 Å². The Balaban J connectivity index is 0.00000432. The summed E-state index contributed by atoms with van der Waals surface area (Å²) in [4.78, 5) is 19.9. The second kappa shape index (κ2) is 12.7. The average Bonchev–Trinajstić information content (AvgIpc) is 3.08. The van der Waals surface area contributed by atoms with E-state index in [-0.39, 0.29) is 47.8 Å². The van der Waals surface area contributed by atoms with Crippen LogP contribution in [0.3, 0.4) is 0 Å². The molecule has 0 bridgehead atoms. The first-order valence-corrected chi connectivity index (χ1v) is 14.3. The minimum Gasteiger partial charge on any atom is -0.382 e. The van der Waals surface area contributed by atoms with Crippen molar-refractivity contribution in [1.82, 2.24) is 14.6 Å². The first-order valence-electron chi connectivity index (χ1n) is 11.4. The second-order valence-electron chi connectivity index (χ2n) is 9.60. The zero-order valence-electron chi connectivity index (χ0n) is 20.5. The molecule has 35 heavy (non-hydrogen) atoms. The van der Waals surface area contributed by atoms with Crippen LogP contribution in [0.15, 0.2) is 18.2 Å². The van der Waals surface area contributed by atoms with Crippen molar-refractivity contribution in [2.24, 2.45) is 5.92 Å². The Bertz CT molecular complexity index is 1110. The summed E-state index contributed by atoms with van der Waals surface area (Å²) in [6.07, 6.45) is 3.10. The lowest BCUT2D eigenvalue weighted by atomic mass is 9.92. The van der Waals surface area contributed by atoms with Gasteiger partial charge in [0.05, 0.1) is 10.8 Å². The number of nitrogens with two attached hydrogens (primary N) is 1. The van der Waals surface area contributed by atoms with Crippen molar-refractivity contribution in [3.8, 4) is 0 Å². The van der Waals surface area contributed by atoms with Crippen LogP contribution in [0.25, 0.3) is 0 Å². The summed E-state index contributed by atoms with van der Waals surface area (Å²) in [5.74, 6) is 0.175. The van der Waals surface area contributed by atoms with Gasteiger partial charge in [-0.3, -0.25) is 4.79 Å². The van der Waals surface area contributed by atoms with Crippen LogP contribution in [0.1, 0.15) is 60.3 Å². The fourth-order valence-corrected chi connectivity index (χ4v) is 7.00. The highest BCUT2D eigenvalue weighted by Crippen LogP contribution is 2.32. The van der Waals surface area contributed by atoms with E-state index in [1.165, 1.54) is 11.3 Å². The first-order chi connectivity index (χ1) is 15.9. The number of sulfonamides is 1. The summed E-state index contributed by atoms with van der Waals surface area (Å²) in [5, 5.41) is 4.35. The van der Waals surface area contributed by atoms with E-state index < -0.39 is 10.0 Å². The molecule has 1 heterocycles. The number of carbonyl (C=O) groups excluding carboxylic acids is 1. The minimum atomic E-state index is -3.26. The number of carbonyl (C=O) groups is 1. The van der Waals surface area contributed by atoms with Gasteiger partial charge in [-0.05, 0) is 63.4 Å². The zero-order valence-corrected chi connectivity index (χ0v) is 23.7. The molecule has 0 atom stereocenters. The molecular weight excluding hydrogens is 529 g/mol. The summed E-state index contributed by atoms with van der Waals surface area (Å²) in [6, 6.07) is 5.54. The van der Waals surface area contributed by atoms with E-state index in [4.69, 9.17) is 17.3 Å². The van der Waals surface area contributed by atoms with Crippen LogP contribution in [0.2, 0.25) is 5.02 Å². The van der Waals surface area contributed by atoms with Crippen LogP contribution in [0.4, 0.5) is 10.9 Å². The maximum Gasteiger partial charge on any atom is 0.212 e. The van der Waals surface area contributed by atoms with Gasteiger partial charge in [0.25, 0.3) is 0 Å². The Hall–Kier alpha value is -1.43. The molecule has 0 radical (unpaired) electrons. The quantitative estimate of drug-likeness (QED) is 0.367. The normalized spacial score (nSPS) is 18.5. The highest BCUT2D eigenvalue weighted by molar-refractivity contribution is 7.89. The number of aromatic nitrogens is 1. The van der Waals surface area contributed by atoms with Crippen LogP contribution in [0.5, 0.6) is 0 Å². The van der Waals surface area contributed by atoms with Gasteiger partial charge in [-0.1, -0.05) is 42.9 Å². The van der Waals surface area contributed by atoms with Gasteiger partial charge < -0.3 is 16.0 Å². The summed E-state index contributed by atoms with van der Waals surface area (Å²) < 4.78 is 27.2. The van der Waals surface area contributed by atoms with Crippen molar-refractivity contribution in [3.63, 3.8) is 0 Å². The third-order valence-corrected chi connectivity index (χ3v) is 8.72. The lowest BCUT2D eigenvalue weighted by Crippen LogP contribution is -2.41. The number of rotatable bonds is 10. The molecule has 4 N–H and O–H groups in total. The molecule has 196 valence electrons. The Kier molecular flexibility index (Phi) is 10.8. The van der Waals surface area contributed by atoms with Crippen LogP contribution in [-0.4, -0.2) is 56.0 Å². The molecule has 12 heteroatoms. The highest BCUT2D eigenvalue weighted by atomic mass is 35.5. The fraction of sp³-hybridized carbons (Fsp3) is 0.565. The number of thiazole rings is 1. The van der Waals surface area contributed by atoms with Crippen molar-refractivity contribution in [3.05, 3.63) is 39.2 Å². The number of benzene rings is 1. The predicted molar refractivity (Wildman–Crippen MR) is 147 cm³/mol. The molecule has 0 spiro atoms. The third kappa shape index (κ3) is 8.58. The average molecular weight is 565 g/mol. The maximum absolute atomic E-state index is 13.2. The Morgan fingerprint density at radius 1 is 1.23 bits per heavy atom. The molecule has 1 aromatic carbocycles. The van der Waals surface area contributed by atoms with Crippen molar-refractivity contribution in [1.29, 1.82) is 0 Å². The van der Waals surface area contributed by atoms with E-state index in [1.807, 2.05) is 38.9 Å². The smallest absolute Gasteiger partial charge is 0.212 e. The van der Waals surface area contributed by atoms with E-state index in [2.05, 4.69) is 15.0 Å². The molecule has 1 aromatic heterocycles. The number of anilines is 2. The Morgan fingerprint density at radius 3 is 2.46 bits per heavy atom. The van der Waals surface area contributed by atoms with E-state index >= 15 is 0 Å². The van der Waals surface area contributed by atoms with Crippen molar-refractivity contribution >= 4 is 62.1 Å². The molecule has 1 saturated carbocycles. The Morgan fingerprint density at radius 2 is 1.86 bits per heavy atom. The highest BCUT2D eigenvalue weighted by Gasteiger charge is 2.27. The molecule has 0 saturated heterocycles. The number of nitrogens with zero attached hydrogens (tertiary/aromatic N) is 2. The zero-order chi connectivity index (χ0) is 25.0. The van der Waals surface area contributed by atoms with Crippen molar-refractivity contribution < 1.29 is 13.2 Å². The third-order valence-electron chi connectivity index (χ3n) is 5.59. The number of ketones is 1. The van der Waals surface area contributed by atoms with E-state index in [0.717, 1.165) is 31.2 Å². The summed E-state index contributed by atoms with van der Waals surface area (Å²) >= 11 is 7.55. The van der Waals surface area contributed by atoms with E-state index in [9.17, 15) is 13.2 Å². The van der Waals surface area contributed by atoms with Crippen LogP contribution < -0.4 is 15.8 Å². The van der Waals surface area contributed by atoms with E-state index in [0.29, 0.717) is 27.1 Å². The number of nitrogen functional groups attached to an aromatic ring is 1. The van der Waals surface area contributed by atoms with Gasteiger partial charge in [-0.15, -0.1) is 12.4 Å². The minimum absolute atomic E-state index is 0. The van der Waals surface area contributed by atoms with Crippen LogP contribution >= 0.6 is 35.3 Å². The van der Waals surface area contributed by atoms with Gasteiger partial charge >= 0.3 is 0 Å². The summed E-state index contributed by atoms with van der Waals surface area (Å²) in [6.45, 7) is 4.49. The second-order valence-corrected chi connectivity index (χ2v) is 12.8. The maximum atomic E-state index is 13.2. The standard InChI is InChI=1S/C23H34ClN5O3S2.ClH/c1-14(2)13-34(31,32)28-17-8-6-16(7-9-17)26-23-27-22(25)21(33-23)20(30)18-11-15(12-29(3)4)5-10-19(18)24;/h5,10-11,14,16-17,28H,6-9,12-13,25H2,1-4H3,(H,26,27);1H. The molecule has 0 amide bonds. The largest absolute Gasteiger partial charge is 0.382 e. The molecule has 1 fully saturated rings. The SMILES string of the molecule is CC(C)CS(=O)(=O)NC1CCC(Nc2nc(N)c(C(=O)c3cc(CN(C)C)ccc3Cl)s2)CC1.Cl. The van der Waals surface area contributed by atoms with Crippen LogP contribution in [-0.2, 0) is 16.6 Å². The van der Waals surface area contributed by atoms with Gasteiger partial charge in [-0.2, -0.15) is 0 Å². The summed E-state index contributed by atoms with van der Waals surface area (Å²) in [5.41, 5.74) is 7.50. The number of halogens is 2. The number of hydrogen-bond acceptors (Lipinski definition) is 8. The lowest BCUT2D eigenvalue weighted by molar-refractivity contribution is 0.104. The van der Waals surface area contributed by atoms with Crippen molar-refractivity contribution in [2.75, 3.05) is 30.9 Å². The predicted octanol–water partition coefficient (Wildman–Crippen LogP) is 4.39. The molecular formula is C23H35Cl2N5O3S2. The Labute approximate surface area is 223 Å². The molecule has 0 unspecified atom stereocenters. The molecule has 0 aliphatic heterocycles. The number of hydrogen-bond donors (Lipinski definition) is 3. The monoisotopic (exact) mass is 563 g/mol. The molecule has 2 aromatic rings. The topological polar surface area (TPSA) is 117 Å². The van der Waals surface area contributed by atoms with E-state index in [1.54, 1.807) is 12.1 Å². The van der Waals surface area contributed by atoms with Gasteiger partial charge in [-0.25, -0.2) is 18.1 Å². The lowest BCUT2D eigenvalue weighted by Gasteiger charge is -2.29. The molecule has 8 nitrogen and oxygen atoms in total. The van der Waals surface area contributed by atoms with Gasteiger partial charge in [0.2, 0.25) is 15.8 Å². The van der Waals surface area contributed by atoms with Crippen LogP contribution in [0, 0.1) is 5.92 Å². The van der Waals surface area contributed by atoms with Gasteiger partial charge in [0, 0.05) is 24.2 Å². The molecule has 3 rings (SSSR count). The fourth-order valence-electron chi connectivity index (χ4n) is 4.16. The molecule has 1 aliphatic carbocycles.